The van der Waals surface area contributed by atoms with E-state index in [2.05, 4.69) is 10.3 Å². The minimum absolute atomic E-state index is 0.146. The second-order valence-corrected chi connectivity index (χ2v) is 3.97. The molecule has 1 N–H and O–H groups in total. The molecule has 18 heavy (non-hydrogen) atoms. The van der Waals surface area contributed by atoms with Gasteiger partial charge in [0, 0.05) is 18.9 Å². The second-order valence-electron chi connectivity index (χ2n) is 3.97. The van der Waals surface area contributed by atoms with E-state index in [1.807, 2.05) is 48.5 Å². The maximum absolute atomic E-state index is 11.9. The smallest absolute Gasteiger partial charge is 0.321 e. The average Bonchev–Trinajstić information content (AvgIpc) is 2.41. The Kier molecular flexibility index (Phi) is 3.91. The summed E-state index contributed by atoms with van der Waals surface area (Å²) in [5, 5.41) is 2.82. The van der Waals surface area contributed by atoms with E-state index < -0.39 is 0 Å². The van der Waals surface area contributed by atoms with Gasteiger partial charge in [0.15, 0.2) is 0 Å². The zero-order chi connectivity index (χ0) is 12.8. The van der Waals surface area contributed by atoms with Crippen LogP contribution in [-0.4, -0.2) is 23.0 Å². The van der Waals surface area contributed by atoms with E-state index in [1.165, 1.54) is 0 Å². The molecule has 0 spiro atoms. The number of hydrogen-bond acceptors (Lipinski definition) is 2. The van der Waals surface area contributed by atoms with Crippen LogP contribution in [0.15, 0.2) is 54.7 Å². The molecule has 0 bridgehead atoms. The summed E-state index contributed by atoms with van der Waals surface area (Å²) in [5.41, 5.74) is 1.65. The van der Waals surface area contributed by atoms with Gasteiger partial charge >= 0.3 is 6.03 Å². The molecular formula is C14H15N3O. The molecule has 0 unspecified atom stereocenters. The van der Waals surface area contributed by atoms with Crippen LogP contribution in [0.25, 0.3) is 0 Å². The number of carbonyl (C=O) groups is 1. The van der Waals surface area contributed by atoms with Gasteiger partial charge in [-0.15, -0.1) is 0 Å². The highest BCUT2D eigenvalue weighted by molar-refractivity contribution is 5.88. The van der Waals surface area contributed by atoms with Crippen molar-refractivity contribution in [3.05, 3.63) is 60.4 Å². The van der Waals surface area contributed by atoms with Gasteiger partial charge in [0.25, 0.3) is 0 Å². The van der Waals surface area contributed by atoms with Crippen LogP contribution < -0.4 is 5.32 Å². The molecule has 0 aliphatic rings. The van der Waals surface area contributed by atoms with Gasteiger partial charge in [-0.1, -0.05) is 24.3 Å². The highest BCUT2D eigenvalue weighted by atomic mass is 16.2. The highest BCUT2D eigenvalue weighted by Gasteiger charge is 2.09. The van der Waals surface area contributed by atoms with Crippen LogP contribution in [-0.2, 0) is 6.54 Å². The average molecular weight is 241 g/mol. The Morgan fingerprint density at radius 3 is 2.56 bits per heavy atom. The maximum atomic E-state index is 11.9. The summed E-state index contributed by atoms with van der Waals surface area (Å²) in [4.78, 5) is 17.7. The third kappa shape index (κ3) is 3.31. The molecule has 2 aromatic rings. The van der Waals surface area contributed by atoms with Crippen molar-refractivity contribution in [3.63, 3.8) is 0 Å². The Morgan fingerprint density at radius 2 is 1.89 bits per heavy atom. The molecule has 0 saturated carbocycles. The zero-order valence-corrected chi connectivity index (χ0v) is 10.2. The first kappa shape index (κ1) is 12.1. The molecule has 92 valence electrons. The van der Waals surface area contributed by atoms with E-state index in [9.17, 15) is 4.79 Å². The van der Waals surface area contributed by atoms with Gasteiger partial charge in [0.2, 0.25) is 0 Å². The Hall–Kier alpha value is -2.36. The topological polar surface area (TPSA) is 45.2 Å². The van der Waals surface area contributed by atoms with Crippen LogP contribution in [0.5, 0.6) is 0 Å². The first-order valence-corrected chi connectivity index (χ1v) is 5.73. The quantitative estimate of drug-likeness (QED) is 0.898. The highest BCUT2D eigenvalue weighted by Crippen LogP contribution is 2.07. The predicted molar refractivity (Wildman–Crippen MR) is 71.2 cm³/mol. The SMILES string of the molecule is CN(Cc1ccccn1)C(=O)Nc1ccccc1. The molecular weight excluding hydrogens is 226 g/mol. The summed E-state index contributed by atoms with van der Waals surface area (Å²) in [5.74, 6) is 0. The second kappa shape index (κ2) is 5.82. The van der Waals surface area contributed by atoms with Crippen molar-refractivity contribution in [2.75, 3.05) is 12.4 Å². The van der Waals surface area contributed by atoms with Gasteiger partial charge in [0.1, 0.15) is 0 Å². The number of carbonyl (C=O) groups excluding carboxylic acids is 1. The Bertz CT molecular complexity index is 499. The fourth-order valence-corrected chi connectivity index (χ4v) is 1.55. The lowest BCUT2D eigenvalue weighted by molar-refractivity contribution is 0.220. The van der Waals surface area contributed by atoms with Crippen molar-refractivity contribution >= 4 is 11.7 Å². The normalized spacial score (nSPS) is 9.83. The molecule has 0 aliphatic heterocycles. The Labute approximate surface area is 106 Å². The number of nitrogens with one attached hydrogen (secondary N) is 1. The first-order valence-electron chi connectivity index (χ1n) is 5.73. The van der Waals surface area contributed by atoms with E-state index in [-0.39, 0.29) is 6.03 Å². The van der Waals surface area contributed by atoms with Gasteiger partial charge < -0.3 is 10.2 Å². The van der Waals surface area contributed by atoms with Crippen molar-refractivity contribution in [1.82, 2.24) is 9.88 Å². The fraction of sp³-hybridized carbons (Fsp3) is 0.143. The number of rotatable bonds is 3. The lowest BCUT2D eigenvalue weighted by Gasteiger charge is -2.17. The molecule has 4 heteroatoms. The van der Waals surface area contributed by atoms with Crippen molar-refractivity contribution in [2.45, 2.75) is 6.54 Å². The number of amides is 2. The Morgan fingerprint density at radius 1 is 1.17 bits per heavy atom. The third-order valence-corrected chi connectivity index (χ3v) is 2.50. The van der Waals surface area contributed by atoms with Crippen molar-refractivity contribution < 1.29 is 4.79 Å². The summed E-state index contributed by atoms with van der Waals surface area (Å²) >= 11 is 0. The Balaban J connectivity index is 1.93. The number of aromatic nitrogens is 1. The lowest BCUT2D eigenvalue weighted by Crippen LogP contribution is -2.31. The monoisotopic (exact) mass is 241 g/mol. The standard InChI is InChI=1S/C14H15N3O/c1-17(11-13-9-5-6-10-15-13)14(18)16-12-7-3-2-4-8-12/h2-10H,11H2,1H3,(H,16,18). The van der Waals surface area contributed by atoms with E-state index in [1.54, 1.807) is 18.1 Å². The summed E-state index contributed by atoms with van der Waals surface area (Å²) in [7, 11) is 1.74. The number of hydrogen-bond donors (Lipinski definition) is 1. The summed E-state index contributed by atoms with van der Waals surface area (Å²) in [6.07, 6.45) is 1.72. The van der Waals surface area contributed by atoms with Crippen LogP contribution in [0.2, 0.25) is 0 Å². The van der Waals surface area contributed by atoms with Crippen molar-refractivity contribution in [3.8, 4) is 0 Å². The minimum Gasteiger partial charge on any atom is -0.322 e. The third-order valence-electron chi connectivity index (χ3n) is 2.50. The molecule has 0 radical (unpaired) electrons. The lowest BCUT2D eigenvalue weighted by atomic mass is 10.3. The molecule has 1 aromatic carbocycles. The summed E-state index contributed by atoms with van der Waals surface area (Å²) < 4.78 is 0. The number of urea groups is 1. The van der Waals surface area contributed by atoms with Crippen LogP contribution in [0, 0.1) is 0 Å². The van der Waals surface area contributed by atoms with Crippen molar-refractivity contribution in [1.29, 1.82) is 0 Å². The fourth-order valence-electron chi connectivity index (χ4n) is 1.55. The van der Waals surface area contributed by atoms with Gasteiger partial charge in [-0.3, -0.25) is 4.98 Å². The number of para-hydroxylation sites is 1. The van der Waals surface area contributed by atoms with E-state index in [0.717, 1.165) is 11.4 Å². The summed E-state index contributed by atoms with van der Waals surface area (Å²) in [6, 6.07) is 14.9. The van der Waals surface area contributed by atoms with Crippen LogP contribution >= 0.6 is 0 Å². The largest absolute Gasteiger partial charge is 0.322 e. The maximum Gasteiger partial charge on any atom is 0.321 e. The predicted octanol–water partition coefficient (Wildman–Crippen LogP) is 2.75. The number of nitrogens with zero attached hydrogens (tertiary/aromatic N) is 2. The molecule has 0 atom stereocenters. The first-order chi connectivity index (χ1) is 8.75. The van der Waals surface area contributed by atoms with Gasteiger partial charge in [-0.25, -0.2) is 4.79 Å². The molecule has 2 amide bonds. The zero-order valence-electron chi connectivity index (χ0n) is 10.2. The molecule has 4 nitrogen and oxygen atoms in total. The number of benzene rings is 1. The molecule has 1 heterocycles. The molecule has 1 aromatic heterocycles. The molecule has 0 saturated heterocycles. The van der Waals surface area contributed by atoms with E-state index >= 15 is 0 Å². The van der Waals surface area contributed by atoms with Gasteiger partial charge in [0.05, 0.1) is 12.2 Å². The molecule has 2 rings (SSSR count). The van der Waals surface area contributed by atoms with Crippen LogP contribution in [0.4, 0.5) is 10.5 Å². The van der Waals surface area contributed by atoms with Crippen molar-refractivity contribution in [2.24, 2.45) is 0 Å². The molecule has 0 aliphatic carbocycles. The minimum atomic E-state index is -0.146. The van der Waals surface area contributed by atoms with E-state index in [0.29, 0.717) is 6.54 Å². The molecule has 0 fully saturated rings. The number of anilines is 1. The van der Waals surface area contributed by atoms with Gasteiger partial charge in [-0.05, 0) is 24.3 Å². The number of pyridine rings is 1. The summed E-state index contributed by atoms with van der Waals surface area (Å²) in [6.45, 7) is 0.486. The van der Waals surface area contributed by atoms with Gasteiger partial charge in [-0.2, -0.15) is 0 Å². The van der Waals surface area contributed by atoms with E-state index in [4.69, 9.17) is 0 Å². The van der Waals surface area contributed by atoms with Crippen LogP contribution in [0.1, 0.15) is 5.69 Å². The van der Waals surface area contributed by atoms with Crippen LogP contribution in [0.3, 0.4) is 0 Å².